The van der Waals surface area contributed by atoms with E-state index in [4.69, 9.17) is 0 Å². The first-order chi connectivity index (χ1) is 15.2. The maximum Gasteiger partial charge on any atom is 0.416 e. The monoisotopic (exact) mass is 446 g/mol. The minimum atomic E-state index is -4.54. The van der Waals surface area contributed by atoms with Gasteiger partial charge in [-0.05, 0) is 55.5 Å². The molecule has 1 fully saturated rings. The molecule has 8 heteroatoms. The third kappa shape index (κ3) is 4.13. The van der Waals surface area contributed by atoms with Crippen LogP contribution < -0.4 is 10.2 Å². The number of amides is 2. The molecule has 32 heavy (non-hydrogen) atoms. The van der Waals surface area contributed by atoms with Crippen molar-refractivity contribution < 1.29 is 27.2 Å². The van der Waals surface area contributed by atoms with E-state index in [1.807, 2.05) is 12.2 Å². The molecule has 3 atom stereocenters. The van der Waals surface area contributed by atoms with Gasteiger partial charge in [-0.2, -0.15) is 13.2 Å². The summed E-state index contributed by atoms with van der Waals surface area (Å²) in [6, 6.07) is 9.57. The lowest BCUT2D eigenvalue weighted by molar-refractivity contribution is -0.138. The molecule has 1 heterocycles. The Labute approximate surface area is 182 Å². The molecule has 4 rings (SSSR count). The number of halogens is 4. The van der Waals surface area contributed by atoms with E-state index in [9.17, 15) is 27.2 Å². The molecule has 0 saturated carbocycles. The summed E-state index contributed by atoms with van der Waals surface area (Å²) < 4.78 is 54.0. The number of rotatable bonds is 3. The first-order valence-electron chi connectivity index (χ1n) is 10.4. The van der Waals surface area contributed by atoms with Crippen molar-refractivity contribution in [3.05, 3.63) is 71.6 Å². The van der Waals surface area contributed by atoms with E-state index in [1.165, 1.54) is 42.2 Å². The highest BCUT2D eigenvalue weighted by Crippen LogP contribution is 2.40. The minimum absolute atomic E-state index is 0.0215. The highest BCUT2D eigenvalue weighted by atomic mass is 19.4. The molecule has 168 valence electrons. The summed E-state index contributed by atoms with van der Waals surface area (Å²) in [7, 11) is 0. The molecule has 4 nitrogen and oxygen atoms in total. The SMILES string of the molecule is Cc1ccc(NC(=O)[C@H]2CC=C[C@H]3CCN(c4ccccc4F)C(=O)[C@@H]23)cc1C(F)(F)F. The fraction of sp³-hybridized carbons (Fsp3) is 0.333. The van der Waals surface area contributed by atoms with Crippen molar-refractivity contribution in [1.82, 2.24) is 0 Å². The van der Waals surface area contributed by atoms with Gasteiger partial charge >= 0.3 is 6.18 Å². The number of anilines is 2. The van der Waals surface area contributed by atoms with E-state index in [1.54, 1.807) is 6.07 Å². The number of carbonyl (C=O) groups is 2. The highest BCUT2D eigenvalue weighted by molar-refractivity contribution is 6.02. The maximum atomic E-state index is 14.3. The lowest BCUT2D eigenvalue weighted by Crippen LogP contribution is -2.51. The number of alkyl halides is 3. The number of piperidine rings is 1. The van der Waals surface area contributed by atoms with Gasteiger partial charge < -0.3 is 10.2 Å². The topological polar surface area (TPSA) is 49.4 Å². The normalized spacial score (nSPS) is 23.1. The largest absolute Gasteiger partial charge is 0.416 e. The number of nitrogens with zero attached hydrogens (tertiary/aromatic N) is 1. The smallest absolute Gasteiger partial charge is 0.326 e. The standard InChI is InChI=1S/C24H22F4N2O2/c1-14-9-10-16(13-18(14)24(26,27)28)29-22(31)17-6-4-5-15-11-12-30(23(32)21(15)17)20-8-3-2-7-19(20)25/h2-5,7-10,13,15,17,21H,6,11-12H2,1H3,(H,29,31)/t15-,17-,21+/m0/s1. The van der Waals surface area contributed by atoms with E-state index in [2.05, 4.69) is 5.32 Å². The van der Waals surface area contributed by atoms with Gasteiger partial charge in [0.2, 0.25) is 11.8 Å². The van der Waals surface area contributed by atoms with Crippen molar-refractivity contribution >= 4 is 23.2 Å². The van der Waals surface area contributed by atoms with Gasteiger partial charge in [0, 0.05) is 12.2 Å². The molecule has 1 N–H and O–H groups in total. The summed E-state index contributed by atoms with van der Waals surface area (Å²) >= 11 is 0. The summed E-state index contributed by atoms with van der Waals surface area (Å²) in [4.78, 5) is 27.7. The Morgan fingerprint density at radius 3 is 2.62 bits per heavy atom. The van der Waals surface area contributed by atoms with Crippen molar-refractivity contribution in [3.63, 3.8) is 0 Å². The van der Waals surface area contributed by atoms with Gasteiger partial charge in [0.05, 0.1) is 23.1 Å². The summed E-state index contributed by atoms with van der Waals surface area (Å²) in [5.41, 5.74) is -0.582. The molecule has 2 aliphatic rings. The first kappa shape index (κ1) is 22.0. The van der Waals surface area contributed by atoms with Crippen molar-refractivity contribution in [2.45, 2.75) is 25.9 Å². The third-order valence-corrected chi connectivity index (χ3v) is 6.20. The van der Waals surface area contributed by atoms with Gasteiger partial charge in [-0.3, -0.25) is 9.59 Å². The lowest BCUT2D eigenvalue weighted by atomic mass is 9.71. The predicted octanol–water partition coefficient (Wildman–Crippen LogP) is 5.34. The van der Waals surface area contributed by atoms with E-state index < -0.39 is 35.3 Å². The Morgan fingerprint density at radius 2 is 1.91 bits per heavy atom. The minimum Gasteiger partial charge on any atom is -0.326 e. The summed E-state index contributed by atoms with van der Waals surface area (Å²) in [5, 5.41) is 2.55. The Balaban J connectivity index is 1.58. The third-order valence-electron chi connectivity index (χ3n) is 6.20. The molecule has 0 radical (unpaired) electrons. The lowest BCUT2D eigenvalue weighted by Gasteiger charge is -2.41. The van der Waals surface area contributed by atoms with E-state index in [0.29, 0.717) is 13.0 Å². The van der Waals surface area contributed by atoms with Crippen LogP contribution in [0.4, 0.5) is 28.9 Å². The number of hydrogen-bond donors (Lipinski definition) is 1. The molecule has 0 aromatic heterocycles. The van der Waals surface area contributed by atoms with Crippen molar-refractivity contribution in [1.29, 1.82) is 0 Å². The molecule has 1 saturated heterocycles. The molecule has 2 aromatic rings. The van der Waals surface area contributed by atoms with Gasteiger partial charge in [0.1, 0.15) is 5.82 Å². The van der Waals surface area contributed by atoms with Crippen LogP contribution in [0.5, 0.6) is 0 Å². The average molecular weight is 446 g/mol. The quantitative estimate of drug-likeness (QED) is 0.511. The molecule has 0 bridgehead atoms. The molecule has 2 amide bonds. The Kier molecular flexibility index (Phi) is 5.79. The number of nitrogens with one attached hydrogen (secondary N) is 1. The van der Waals surface area contributed by atoms with Crippen LogP contribution in [0.1, 0.15) is 24.0 Å². The zero-order chi connectivity index (χ0) is 23.0. The average Bonchev–Trinajstić information content (AvgIpc) is 2.75. The zero-order valence-corrected chi connectivity index (χ0v) is 17.3. The summed E-state index contributed by atoms with van der Waals surface area (Å²) in [6.07, 6.45) is 0.0328. The van der Waals surface area contributed by atoms with Crippen LogP contribution in [0.15, 0.2) is 54.6 Å². The fourth-order valence-corrected chi connectivity index (χ4v) is 4.58. The van der Waals surface area contributed by atoms with Crippen LogP contribution in [0, 0.1) is 30.5 Å². The number of fused-ring (bicyclic) bond motifs is 1. The molecular formula is C24H22F4N2O2. The second kappa shape index (κ2) is 8.41. The van der Waals surface area contributed by atoms with Gasteiger partial charge in [0.15, 0.2) is 0 Å². The molecule has 1 aliphatic heterocycles. The van der Waals surface area contributed by atoms with Gasteiger partial charge in [-0.25, -0.2) is 4.39 Å². The number of para-hydroxylation sites is 1. The number of allylic oxidation sites excluding steroid dienone is 2. The van der Waals surface area contributed by atoms with Crippen LogP contribution in [0.2, 0.25) is 0 Å². The van der Waals surface area contributed by atoms with E-state index in [-0.39, 0.29) is 35.2 Å². The second-order valence-electron chi connectivity index (χ2n) is 8.21. The maximum absolute atomic E-state index is 14.3. The van der Waals surface area contributed by atoms with Crippen LogP contribution in [-0.2, 0) is 15.8 Å². The molecule has 2 aromatic carbocycles. The number of hydrogen-bond acceptors (Lipinski definition) is 2. The van der Waals surface area contributed by atoms with Crippen LogP contribution in [0.3, 0.4) is 0 Å². The summed E-state index contributed by atoms with van der Waals surface area (Å²) in [5.74, 6) is -3.05. The Morgan fingerprint density at radius 1 is 1.16 bits per heavy atom. The van der Waals surface area contributed by atoms with Crippen molar-refractivity contribution in [3.8, 4) is 0 Å². The zero-order valence-electron chi connectivity index (χ0n) is 17.3. The number of aryl methyl sites for hydroxylation is 1. The molecular weight excluding hydrogens is 424 g/mol. The van der Waals surface area contributed by atoms with Crippen LogP contribution in [-0.4, -0.2) is 18.4 Å². The summed E-state index contributed by atoms with van der Waals surface area (Å²) in [6.45, 7) is 1.68. The first-order valence-corrected chi connectivity index (χ1v) is 10.4. The molecule has 0 spiro atoms. The predicted molar refractivity (Wildman–Crippen MR) is 112 cm³/mol. The molecule has 0 unspecified atom stereocenters. The Hall–Kier alpha value is -3.16. The van der Waals surface area contributed by atoms with Gasteiger partial charge in [-0.1, -0.05) is 30.4 Å². The van der Waals surface area contributed by atoms with Crippen LogP contribution in [0.25, 0.3) is 0 Å². The van der Waals surface area contributed by atoms with E-state index >= 15 is 0 Å². The molecule has 1 aliphatic carbocycles. The highest BCUT2D eigenvalue weighted by Gasteiger charge is 2.45. The number of benzene rings is 2. The van der Waals surface area contributed by atoms with Gasteiger partial charge in [0.25, 0.3) is 0 Å². The van der Waals surface area contributed by atoms with Crippen molar-refractivity contribution in [2.24, 2.45) is 17.8 Å². The second-order valence-corrected chi connectivity index (χ2v) is 8.21. The Bertz CT molecular complexity index is 1080. The number of carbonyl (C=O) groups excluding carboxylic acids is 2. The van der Waals surface area contributed by atoms with E-state index in [0.717, 1.165) is 6.07 Å². The van der Waals surface area contributed by atoms with Crippen LogP contribution >= 0.6 is 0 Å². The van der Waals surface area contributed by atoms with Crippen molar-refractivity contribution in [2.75, 3.05) is 16.8 Å². The fourth-order valence-electron chi connectivity index (χ4n) is 4.58. The van der Waals surface area contributed by atoms with Gasteiger partial charge in [-0.15, -0.1) is 0 Å².